The maximum absolute atomic E-state index is 6.11. The molecule has 0 N–H and O–H groups in total. The summed E-state index contributed by atoms with van der Waals surface area (Å²) in [5.74, 6) is 0. The normalized spacial score (nSPS) is 22.5. The highest BCUT2D eigenvalue weighted by Gasteiger charge is 2.41. The summed E-state index contributed by atoms with van der Waals surface area (Å²) in [4.78, 5) is 2.61. The fourth-order valence-electron chi connectivity index (χ4n) is 5.34. The Labute approximate surface area is 172 Å². The molecule has 2 aliphatic rings. The molecule has 1 fully saturated rings. The van der Waals surface area contributed by atoms with E-state index in [1.54, 1.807) is 5.56 Å². The van der Waals surface area contributed by atoms with Crippen molar-refractivity contribution in [3.8, 4) is 0 Å². The van der Waals surface area contributed by atoms with Crippen LogP contribution < -0.4 is 0 Å². The first-order valence-corrected chi connectivity index (χ1v) is 10.6. The fraction of sp³-hybridized carbons (Fsp3) is 0.360. The molecule has 2 bridgehead atoms. The van der Waals surface area contributed by atoms with Gasteiger partial charge in [0.15, 0.2) is 0 Å². The second-order valence-corrected chi connectivity index (χ2v) is 8.99. The van der Waals surface area contributed by atoms with Crippen molar-refractivity contribution in [3.05, 3.63) is 69.9 Å². The predicted molar refractivity (Wildman–Crippen MR) is 120 cm³/mol. The van der Waals surface area contributed by atoms with E-state index in [0.29, 0.717) is 12.1 Å². The first-order valence-electron chi connectivity index (χ1n) is 10.2. The lowest BCUT2D eigenvalue weighted by molar-refractivity contribution is 0.223. The fourth-order valence-corrected chi connectivity index (χ4v) is 5.47. The average Bonchev–Trinajstić information content (AvgIpc) is 3.11. The van der Waals surface area contributed by atoms with E-state index in [4.69, 9.17) is 11.6 Å². The van der Waals surface area contributed by atoms with E-state index in [1.165, 1.54) is 51.8 Å². The van der Waals surface area contributed by atoms with Gasteiger partial charge in [-0.3, -0.25) is 4.90 Å². The summed E-state index contributed by atoms with van der Waals surface area (Å²) in [5.41, 5.74) is 9.65. The van der Waals surface area contributed by atoms with E-state index in [-0.39, 0.29) is 0 Å². The molecule has 5 rings (SSSR count). The maximum atomic E-state index is 6.11. The Bertz CT molecular complexity index is 1100. The van der Waals surface area contributed by atoms with Gasteiger partial charge in [-0.05, 0) is 81.6 Å². The van der Waals surface area contributed by atoms with Crippen LogP contribution in [0.5, 0.6) is 0 Å². The lowest BCUT2D eigenvalue weighted by atomic mass is 9.97. The van der Waals surface area contributed by atoms with Crippen molar-refractivity contribution in [2.24, 2.45) is 0 Å². The number of likely N-dealkylation sites (N-methyl/N-ethyl adjacent to an activating group) is 1. The summed E-state index contributed by atoms with van der Waals surface area (Å²) in [6.07, 6.45) is 3.73. The SMILES string of the molecule is CC(=C(C)n1c2c(c3cc(C)ccc31)C1CCC(C2)N1C)c1ccc(Cl)cc1. The Hall–Kier alpha value is -2.03. The molecule has 0 saturated carbocycles. The van der Waals surface area contributed by atoms with Gasteiger partial charge in [0.1, 0.15) is 0 Å². The van der Waals surface area contributed by atoms with Crippen LogP contribution in [0.3, 0.4) is 0 Å². The van der Waals surface area contributed by atoms with Gasteiger partial charge in [-0.1, -0.05) is 35.4 Å². The molecule has 1 aromatic heterocycles. The molecule has 0 spiro atoms. The number of halogens is 1. The van der Waals surface area contributed by atoms with E-state index in [1.807, 2.05) is 12.1 Å². The second kappa shape index (κ2) is 6.50. The number of allylic oxidation sites excluding steroid dienone is 2. The third kappa shape index (κ3) is 2.58. The highest BCUT2D eigenvalue weighted by molar-refractivity contribution is 6.30. The molecular weight excluding hydrogens is 364 g/mol. The Morgan fingerprint density at radius 2 is 1.79 bits per heavy atom. The highest BCUT2D eigenvalue weighted by Crippen LogP contribution is 2.48. The predicted octanol–water partition coefficient (Wildman–Crippen LogP) is 6.70. The molecule has 2 nitrogen and oxygen atoms in total. The van der Waals surface area contributed by atoms with Gasteiger partial charge in [-0.15, -0.1) is 0 Å². The van der Waals surface area contributed by atoms with Crippen LogP contribution in [0.25, 0.3) is 22.2 Å². The van der Waals surface area contributed by atoms with Crippen molar-refractivity contribution in [3.63, 3.8) is 0 Å². The summed E-state index contributed by atoms with van der Waals surface area (Å²) in [5, 5.41) is 2.23. The molecule has 144 valence electrons. The van der Waals surface area contributed by atoms with E-state index in [9.17, 15) is 0 Å². The Kier molecular flexibility index (Phi) is 4.19. The van der Waals surface area contributed by atoms with E-state index in [0.717, 1.165) is 11.4 Å². The van der Waals surface area contributed by atoms with Crippen LogP contribution in [0.4, 0.5) is 0 Å². The van der Waals surface area contributed by atoms with Crippen LogP contribution in [0.2, 0.25) is 5.02 Å². The number of aromatic nitrogens is 1. The topological polar surface area (TPSA) is 8.17 Å². The number of aryl methyl sites for hydroxylation is 1. The molecule has 2 unspecified atom stereocenters. The van der Waals surface area contributed by atoms with E-state index >= 15 is 0 Å². The zero-order valence-corrected chi connectivity index (χ0v) is 17.8. The van der Waals surface area contributed by atoms with Gasteiger partial charge in [0.25, 0.3) is 0 Å². The molecule has 28 heavy (non-hydrogen) atoms. The van der Waals surface area contributed by atoms with Crippen LogP contribution >= 0.6 is 11.6 Å². The highest BCUT2D eigenvalue weighted by atomic mass is 35.5. The third-order valence-corrected chi connectivity index (χ3v) is 7.27. The number of nitrogens with zero attached hydrogens (tertiary/aromatic N) is 2. The minimum atomic E-state index is 0.558. The average molecular weight is 391 g/mol. The van der Waals surface area contributed by atoms with Gasteiger partial charge in [-0.25, -0.2) is 0 Å². The summed E-state index contributed by atoms with van der Waals surface area (Å²) >= 11 is 6.11. The molecule has 3 heteroatoms. The Balaban J connectivity index is 1.78. The van der Waals surface area contributed by atoms with Crippen LogP contribution in [0.15, 0.2) is 42.5 Å². The number of benzene rings is 2. The van der Waals surface area contributed by atoms with Crippen LogP contribution in [-0.4, -0.2) is 22.6 Å². The van der Waals surface area contributed by atoms with Crippen molar-refractivity contribution in [2.45, 2.75) is 52.1 Å². The largest absolute Gasteiger partial charge is 0.317 e. The zero-order chi connectivity index (χ0) is 19.6. The number of rotatable bonds is 2. The number of hydrogen-bond acceptors (Lipinski definition) is 1. The quantitative estimate of drug-likeness (QED) is 0.472. The molecule has 0 radical (unpaired) electrons. The Morgan fingerprint density at radius 3 is 2.54 bits per heavy atom. The zero-order valence-electron chi connectivity index (χ0n) is 17.1. The van der Waals surface area contributed by atoms with Crippen molar-refractivity contribution < 1.29 is 0 Å². The first-order chi connectivity index (χ1) is 13.5. The molecule has 0 aliphatic carbocycles. The number of hydrogen-bond donors (Lipinski definition) is 0. The summed E-state index contributed by atoms with van der Waals surface area (Å²) < 4.78 is 2.55. The van der Waals surface area contributed by atoms with Gasteiger partial charge < -0.3 is 4.57 Å². The van der Waals surface area contributed by atoms with Gasteiger partial charge in [0.2, 0.25) is 0 Å². The van der Waals surface area contributed by atoms with Crippen LogP contribution in [-0.2, 0) is 6.42 Å². The maximum Gasteiger partial charge on any atom is 0.0531 e. The molecular formula is C25H27ClN2. The first kappa shape index (κ1) is 18.0. The summed E-state index contributed by atoms with van der Waals surface area (Å²) in [7, 11) is 2.31. The minimum Gasteiger partial charge on any atom is -0.317 e. The molecule has 2 atom stereocenters. The lowest BCUT2D eigenvalue weighted by Gasteiger charge is -2.32. The molecule has 3 heterocycles. The van der Waals surface area contributed by atoms with Gasteiger partial charge in [0.05, 0.1) is 5.52 Å². The van der Waals surface area contributed by atoms with Crippen LogP contribution in [0.1, 0.15) is 55.1 Å². The summed E-state index contributed by atoms with van der Waals surface area (Å²) in [6.45, 7) is 6.70. The van der Waals surface area contributed by atoms with Gasteiger partial charge in [0, 0.05) is 40.3 Å². The van der Waals surface area contributed by atoms with Crippen molar-refractivity contribution in [1.82, 2.24) is 9.47 Å². The molecule has 1 saturated heterocycles. The lowest BCUT2D eigenvalue weighted by Crippen LogP contribution is -2.34. The van der Waals surface area contributed by atoms with E-state index in [2.05, 4.69) is 67.6 Å². The van der Waals surface area contributed by atoms with Crippen molar-refractivity contribution in [1.29, 1.82) is 0 Å². The van der Waals surface area contributed by atoms with E-state index < -0.39 is 0 Å². The third-order valence-electron chi connectivity index (χ3n) is 7.02. The molecule has 2 aromatic carbocycles. The standard InChI is InChI=1S/C25H27ClN2/c1-15-5-11-22-21(13-15)25-23-12-10-20(27(23)4)14-24(25)28(22)17(3)16(2)18-6-8-19(26)9-7-18/h5-9,11,13,20,23H,10,12,14H2,1-4H3. The van der Waals surface area contributed by atoms with Crippen molar-refractivity contribution in [2.75, 3.05) is 7.05 Å². The molecule has 2 aliphatic heterocycles. The van der Waals surface area contributed by atoms with Crippen LogP contribution in [0, 0.1) is 6.92 Å². The second-order valence-electron chi connectivity index (χ2n) is 8.55. The molecule has 0 amide bonds. The Morgan fingerprint density at radius 1 is 1.04 bits per heavy atom. The van der Waals surface area contributed by atoms with Gasteiger partial charge >= 0.3 is 0 Å². The van der Waals surface area contributed by atoms with Gasteiger partial charge in [-0.2, -0.15) is 0 Å². The minimum absolute atomic E-state index is 0.558. The van der Waals surface area contributed by atoms with Crippen molar-refractivity contribution >= 4 is 33.8 Å². The summed E-state index contributed by atoms with van der Waals surface area (Å²) in [6, 6.07) is 16.4. The molecule has 3 aromatic rings. The smallest absolute Gasteiger partial charge is 0.0531 e. The number of fused-ring (bicyclic) bond motifs is 6. The monoisotopic (exact) mass is 390 g/mol.